The zero-order valence-corrected chi connectivity index (χ0v) is 17.2. The van der Waals surface area contributed by atoms with Crippen LogP contribution < -0.4 is 15.4 Å². The number of imidazole rings is 1. The number of aromatic hydroxyl groups is 1. The average molecular weight is 421 g/mol. The minimum atomic E-state index is -0.882. The number of hydrogen-bond acceptors (Lipinski definition) is 6. The van der Waals surface area contributed by atoms with Gasteiger partial charge in [0.2, 0.25) is 5.95 Å². The molecule has 4 rings (SSSR count). The molecule has 1 fully saturated rings. The molecule has 3 aromatic rings. The molecule has 9 heteroatoms. The average Bonchev–Trinajstić information content (AvgIpc) is 3.25. The van der Waals surface area contributed by atoms with Crippen molar-refractivity contribution in [3.8, 4) is 11.5 Å². The van der Waals surface area contributed by atoms with Gasteiger partial charge in [-0.25, -0.2) is 9.78 Å². The van der Waals surface area contributed by atoms with Gasteiger partial charge < -0.3 is 25.0 Å². The van der Waals surface area contributed by atoms with Gasteiger partial charge in [0.05, 0.1) is 19.3 Å². The van der Waals surface area contributed by atoms with Gasteiger partial charge in [0.1, 0.15) is 11.5 Å². The van der Waals surface area contributed by atoms with E-state index in [-0.39, 0.29) is 11.7 Å². The van der Waals surface area contributed by atoms with Crippen LogP contribution in [0.4, 0.5) is 10.7 Å². The summed E-state index contributed by atoms with van der Waals surface area (Å²) in [5, 5.41) is 15.2. The number of nitrogens with one attached hydrogen (secondary N) is 2. The van der Waals surface area contributed by atoms with Gasteiger partial charge in [-0.3, -0.25) is 9.69 Å². The molecular formula is C22H23N5O4. The predicted octanol–water partition coefficient (Wildman–Crippen LogP) is 2.16. The number of benzene rings is 2. The fourth-order valence-corrected chi connectivity index (χ4v) is 3.34. The lowest BCUT2D eigenvalue weighted by atomic mass is 10.1. The van der Waals surface area contributed by atoms with E-state index in [2.05, 4.69) is 15.6 Å². The normalized spacial score (nSPS) is 15.8. The quantitative estimate of drug-likeness (QED) is 0.505. The number of phenols is 1. The smallest absolute Gasteiger partial charge is 0.325 e. The molecule has 1 aromatic heterocycles. The largest absolute Gasteiger partial charge is 0.508 e. The Morgan fingerprint density at radius 1 is 1.10 bits per heavy atom. The number of imide groups is 1. The van der Waals surface area contributed by atoms with Gasteiger partial charge >= 0.3 is 6.03 Å². The highest BCUT2D eigenvalue weighted by atomic mass is 16.5. The number of methoxy groups -OCH3 is 1. The van der Waals surface area contributed by atoms with E-state index < -0.39 is 12.2 Å². The molecule has 1 atom stereocenters. The molecule has 2 aromatic carbocycles. The first-order chi connectivity index (χ1) is 14.9. The van der Waals surface area contributed by atoms with Crippen molar-refractivity contribution in [1.29, 1.82) is 0 Å². The van der Waals surface area contributed by atoms with Crippen molar-refractivity contribution >= 4 is 17.9 Å². The number of urea groups is 1. The summed E-state index contributed by atoms with van der Waals surface area (Å²) < 4.78 is 7.08. The van der Waals surface area contributed by atoms with E-state index in [0.29, 0.717) is 18.9 Å². The van der Waals surface area contributed by atoms with E-state index in [9.17, 15) is 14.7 Å². The molecule has 160 valence electrons. The molecule has 0 saturated carbocycles. The lowest BCUT2D eigenvalue weighted by molar-refractivity contribution is -0.125. The number of phenolic OH excluding ortho intramolecular Hbond substituents is 1. The third-order valence-electron chi connectivity index (χ3n) is 5.08. The Bertz CT molecular complexity index is 1090. The van der Waals surface area contributed by atoms with Crippen LogP contribution in [-0.2, 0) is 17.8 Å². The van der Waals surface area contributed by atoms with Crippen LogP contribution in [0.5, 0.6) is 11.5 Å². The van der Waals surface area contributed by atoms with E-state index in [1.165, 1.54) is 7.05 Å². The maximum absolute atomic E-state index is 12.3. The number of hydrogen-bond donors (Lipinski definition) is 3. The van der Waals surface area contributed by atoms with E-state index >= 15 is 0 Å². The van der Waals surface area contributed by atoms with Crippen LogP contribution in [0.25, 0.3) is 0 Å². The van der Waals surface area contributed by atoms with E-state index in [4.69, 9.17) is 4.74 Å². The molecule has 31 heavy (non-hydrogen) atoms. The maximum Gasteiger partial charge on any atom is 0.325 e. The lowest BCUT2D eigenvalue weighted by Gasteiger charge is -2.13. The third kappa shape index (κ3) is 4.45. The molecule has 0 bridgehead atoms. The second-order valence-electron chi connectivity index (χ2n) is 7.30. The summed E-state index contributed by atoms with van der Waals surface area (Å²) >= 11 is 0. The van der Waals surface area contributed by atoms with Crippen molar-refractivity contribution in [3.63, 3.8) is 0 Å². The van der Waals surface area contributed by atoms with Gasteiger partial charge in [-0.15, -0.1) is 0 Å². The standard InChI is InChI=1S/C22H23N5O4/c1-26-20(29)19(25-22(26)30)24-21-23-16(11-14-5-9-18(31-2)10-6-14)13-27(21)12-15-3-7-17(28)8-4-15/h3-10,13,19,28H,11-12H2,1-2H3,(H,23,24)(H,25,30). The number of amides is 3. The van der Waals surface area contributed by atoms with Crippen LogP contribution in [-0.4, -0.2) is 51.8 Å². The van der Waals surface area contributed by atoms with Crippen LogP contribution in [0.3, 0.4) is 0 Å². The van der Waals surface area contributed by atoms with E-state index in [1.54, 1.807) is 19.2 Å². The Morgan fingerprint density at radius 3 is 2.39 bits per heavy atom. The molecule has 9 nitrogen and oxygen atoms in total. The van der Waals surface area contributed by atoms with Gasteiger partial charge in [0.15, 0.2) is 6.17 Å². The zero-order valence-electron chi connectivity index (χ0n) is 17.2. The van der Waals surface area contributed by atoms with Gasteiger partial charge in [-0.2, -0.15) is 0 Å². The summed E-state index contributed by atoms with van der Waals surface area (Å²) in [6, 6.07) is 14.1. The van der Waals surface area contributed by atoms with Gasteiger partial charge in [-0.1, -0.05) is 24.3 Å². The Morgan fingerprint density at radius 2 is 1.77 bits per heavy atom. The van der Waals surface area contributed by atoms with Crippen molar-refractivity contribution in [2.45, 2.75) is 19.1 Å². The number of carbonyl (C=O) groups excluding carboxylic acids is 2. The van der Waals surface area contributed by atoms with E-state index in [0.717, 1.165) is 27.5 Å². The predicted molar refractivity (Wildman–Crippen MR) is 114 cm³/mol. The third-order valence-corrected chi connectivity index (χ3v) is 5.08. The summed E-state index contributed by atoms with van der Waals surface area (Å²) in [5.41, 5.74) is 2.82. The molecule has 1 aliphatic rings. The summed E-state index contributed by atoms with van der Waals surface area (Å²) in [6.45, 7) is 0.475. The van der Waals surface area contributed by atoms with Crippen molar-refractivity contribution in [2.24, 2.45) is 0 Å². The molecule has 0 radical (unpaired) electrons. The number of anilines is 1. The minimum absolute atomic E-state index is 0.190. The molecule has 0 spiro atoms. The molecule has 3 amide bonds. The molecule has 1 unspecified atom stereocenters. The first kappa shape index (κ1) is 20.3. The number of aromatic nitrogens is 2. The topological polar surface area (TPSA) is 109 Å². The van der Waals surface area contributed by atoms with Gasteiger partial charge in [-0.05, 0) is 35.4 Å². The number of rotatable bonds is 7. The fourth-order valence-electron chi connectivity index (χ4n) is 3.34. The van der Waals surface area contributed by atoms with Crippen LogP contribution in [0.2, 0.25) is 0 Å². The minimum Gasteiger partial charge on any atom is -0.508 e. The fraction of sp³-hybridized carbons (Fsp3) is 0.227. The number of ether oxygens (including phenoxy) is 1. The number of nitrogens with zero attached hydrogens (tertiary/aromatic N) is 3. The van der Waals surface area contributed by atoms with E-state index in [1.807, 2.05) is 47.2 Å². The van der Waals surface area contributed by atoms with Crippen LogP contribution in [0.15, 0.2) is 54.7 Å². The van der Waals surface area contributed by atoms with Crippen LogP contribution in [0.1, 0.15) is 16.8 Å². The number of likely N-dealkylation sites (N-methyl/N-ethyl adjacent to an activating group) is 1. The Hall–Kier alpha value is -4.01. The summed E-state index contributed by atoms with van der Waals surface area (Å²) in [6.07, 6.45) is 1.61. The molecular weight excluding hydrogens is 398 g/mol. The summed E-state index contributed by atoms with van der Waals surface area (Å²) in [5.74, 6) is 1.06. The first-order valence-corrected chi connectivity index (χ1v) is 9.74. The SMILES string of the molecule is COc1ccc(Cc2cn(Cc3ccc(O)cc3)c(NC3NC(=O)N(C)C3=O)n2)cc1. The Balaban J connectivity index is 1.59. The van der Waals surface area contributed by atoms with Gasteiger partial charge in [0, 0.05) is 19.7 Å². The second-order valence-corrected chi connectivity index (χ2v) is 7.30. The van der Waals surface area contributed by atoms with Crippen LogP contribution in [0, 0.1) is 0 Å². The Kier molecular flexibility index (Phi) is 5.48. The molecule has 3 N–H and O–H groups in total. The summed E-state index contributed by atoms with van der Waals surface area (Å²) in [4.78, 5) is 29.8. The van der Waals surface area contributed by atoms with Crippen molar-refractivity contribution in [1.82, 2.24) is 19.8 Å². The van der Waals surface area contributed by atoms with Crippen molar-refractivity contribution in [3.05, 3.63) is 71.5 Å². The molecule has 0 aliphatic carbocycles. The summed E-state index contributed by atoms with van der Waals surface area (Å²) in [7, 11) is 3.05. The molecule has 2 heterocycles. The Labute approximate surface area is 179 Å². The van der Waals surface area contributed by atoms with Crippen molar-refractivity contribution < 1.29 is 19.4 Å². The second kappa shape index (κ2) is 8.39. The molecule has 1 aliphatic heterocycles. The zero-order chi connectivity index (χ0) is 22.0. The lowest BCUT2D eigenvalue weighted by Crippen LogP contribution is -2.37. The highest BCUT2D eigenvalue weighted by Crippen LogP contribution is 2.20. The highest BCUT2D eigenvalue weighted by molar-refractivity contribution is 6.04. The molecule has 1 saturated heterocycles. The maximum atomic E-state index is 12.3. The number of carbonyl (C=O) groups is 2. The van der Waals surface area contributed by atoms with Crippen LogP contribution >= 0.6 is 0 Å². The first-order valence-electron chi connectivity index (χ1n) is 9.74. The van der Waals surface area contributed by atoms with Gasteiger partial charge in [0.25, 0.3) is 5.91 Å². The van der Waals surface area contributed by atoms with Crippen molar-refractivity contribution in [2.75, 3.05) is 19.5 Å². The monoisotopic (exact) mass is 421 g/mol. The highest BCUT2D eigenvalue weighted by Gasteiger charge is 2.36.